The molecule has 0 amide bonds. The van der Waals surface area contributed by atoms with Crippen LogP contribution in [-0.2, 0) is 13.1 Å². The van der Waals surface area contributed by atoms with Crippen molar-refractivity contribution in [1.82, 2.24) is 20.2 Å². The van der Waals surface area contributed by atoms with Crippen LogP contribution in [0.4, 0.5) is 0 Å². The molecule has 1 aliphatic heterocycles. The van der Waals surface area contributed by atoms with Gasteiger partial charge in [-0.05, 0) is 54.7 Å². The van der Waals surface area contributed by atoms with Crippen molar-refractivity contribution in [1.29, 1.82) is 0 Å². The Kier molecular flexibility index (Phi) is 7.25. The first-order valence-electron chi connectivity index (χ1n) is 7.61. The van der Waals surface area contributed by atoms with E-state index in [4.69, 9.17) is 0 Å². The molecule has 0 aromatic carbocycles. The third-order valence-electron chi connectivity index (χ3n) is 4.03. The first-order chi connectivity index (χ1) is 10.4. The lowest BCUT2D eigenvalue weighted by molar-refractivity contribution is 0.164. The average molecular weight is 339 g/mol. The van der Waals surface area contributed by atoms with Gasteiger partial charge in [0.1, 0.15) is 6.33 Å². The lowest BCUT2D eigenvalue weighted by atomic mass is 10.1. The van der Waals surface area contributed by atoms with E-state index < -0.39 is 0 Å². The predicted molar refractivity (Wildman–Crippen MR) is 93.4 cm³/mol. The monoisotopic (exact) mass is 338 g/mol. The van der Waals surface area contributed by atoms with Gasteiger partial charge in [0, 0.05) is 37.1 Å². The van der Waals surface area contributed by atoms with Crippen LogP contribution in [-0.4, -0.2) is 34.0 Å². The first kappa shape index (κ1) is 17.3. The van der Waals surface area contributed by atoms with Gasteiger partial charge < -0.3 is 5.32 Å². The van der Waals surface area contributed by atoms with Gasteiger partial charge >= 0.3 is 0 Å². The van der Waals surface area contributed by atoms with Gasteiger partial charge in [-0.3, -0.25) is 4.90 Å². The van der Waals surface area contributed by atoms with Crippen LogP contribution in [0.5, 0.6) is 0 Å². The van der Waals surface area contributed by atoms with Crippen LogP contribution in [0.3, 0.4) is 0 Å². The Bertz CT molecular complexity index is 512. The molecule has 1 aliphatic rings. The van der Waals surface area contributed by atoms with Gasteiger partial charge in [-0.25, -0.2) is 9.97 Å². The lowest BCUT2D eigenvalue weighted by Crippen LogP contribution is -2.35. The average Bonchev–Trinajstić information content (AvgIpc) is 2.87. The Morgan fingerprint density at radius 2 is 1.95 bits per heavy atom. The minimum absolute atomic E-state index is 0. The molecule has 6 heteroatoms. The van der Waals surface area contributed by atoms with Crippen molar-refractivity contribution in [3.63, 3.8) is 0 Å². The molecule has 1 unspecified atom stereocenters. The first-order valence-corrected chi connectivity index (χ1v) is 8.56. The van der Waals surface area contributed by atoms with E-state index in [1.54, 1.807) is 17.7 Å². The van der Waals surface area contributed by atoms with E-state index in [0.29, 0.717) is 6.04 Å². The van der Waals surface area contributed by atoms with E-state index in [-0.39, 0.29) is 12.4 Å². The van der Waals surface area contributed by atoms with Gasteiger partial charge in [0.2, 0.25) is 0 Å². The number of halogens is 1. The van der Waals surface area contributed by atoms with Gasteiger partial charge in [-0.2, -0.15) is 11.3 Å². The topological polar surface area (TPSA) is 41.1 Å². The SMILES string of the molecule is Cl.c1ncc(CN(Cc2ccsc2)C2CCCNCC2)cn1. The second-order valence-electron chi connectivity index (χ2n) is 5.62. The van der Waals surface area contributed by atoms with E-state index >= 15 is 0 Å². The maximum atomic E-state index is 4.15. The van der Waals surface area contributed by atoms with E-state index in [1.807, 2.05) is 12.4 Å². The highest BCUT2D eigenvalue weighted by Gasteiger charge is 2.20. The number of hydrogen-bond acceptors (Lipinski definition) is 5. The van der Waals surface area contributed by atoms with Crippen LogP contribution in [0.2, 0.25) is 0 Å². The molecule has 0 radical (unpaired) electrons. The minimum atomic E-state index is 0. The van der Waals surface area contributed by atoms with Crippen LogP contribution in [0.15, 0.2) is 35.5 Å². The number of nitrogens with zero attached hydrogens (tertiary/aromatic N) is 3. The standard InChI is InChI=1S/C16H22N4S.ClH/c1-2-16(3-6-17-5-1)20(10-14-4-7-21-12-14)11-15-8-18-13-19-9-15;/h4,7-9,12-13,16-17H,1-3,5-6,10-11H2;1H. The van der Waals surface area contributed by atoms with Crippen molar-refractivity contribution in [2.75, 3.05) is 13.1 Å². The van der Waals surface area contributed by atoms with Crippen molar-refractivity contribution in [3.8, 4) is 0 Å². The number of hydrogen-bond donors (Lipinski definition) is 1. The van der Waals surface area contributed by atoms with Gasteiger partial charge in [-0.1, -0.05) is 0 Å². The summed E-state index contributed by atoms with van der Waals surface area (Å²) in [4.78, 5) is 10.9. The van der Waals surface area contributed by atoms with E-state index in [9.17, 15) is 0 Å². The highest BCUT2D eigenvalue weighted by atomic mass is 35.5. The van der Waals surface area contributed by atoms with Crippen molar-refractivity contribution in [2.24, 2.45) is 0 Å². The molecule has 0 saturated carbocycles. The molecular weight excluding hydrogens is 316 g/mol. The highest BCUT2D eigenvalue weighted by molar-refractivity contribution is 7.07. The number of rotatable bonds is 5. The van der Waals surface area contributed by atoms with Gasteiger partial charge in [-0.15, -0.1) is 12.4 Å². The van der Waals surface area contributed by atoms with Gasteiger partial charge in [0.05, 0.1) is 0 Å². The predicted octanol–water partition coefficient (Wildman–Crippen LogP) is 3.10. The molecule has 1 N–H and O–H groups in total. The summed E-state index contributed by atoms with van der Waals surface area (Å²) < 4.78 is 0. The summed E-state index contributed by atoms with van der Waals surface area (Å²) in [5, 5.41) is 7.92. The molecule has 1 saturated heterocycles. The van der Waals surface area contributed by atoms with Crippen molar-refractivity contribution in [2.45, 2.75) is 38.4 Å². The van der Waals surface area contributed by atoms with Crippen LogP contribution in [0, 0.1) is 0 Å². The Morgan fingerprint density at radius 1 is 1.14 bits per heavy atom. The Hall–Kier alpha value is -1.01. The molecule has 2 aromatic rings. The number of thiophene rings is 1. The Morgan fingerprint density at radius 3 is 2.73 bits per heavy atom. The minimum Gasteiger partial charge on any atom is -0.317 e. The smallest absolute Gasteiger partial charge is 0.115 e. The summed E-state index contributed by atoms with van der Waals surface area (Å²) in [6, 6.07) is 2.87. The lowest BCUT2D eigenvalue weighted by Gasteiger charge is -2.30. The Balaban J connectivity index is 0.00000176. The third-order valence-corrected chi connectivity index (χ3v) is 4.76. The van der Waals surface area contributed by atoms with E-state index in [2.05, 4.69) is 37.0 Å². The molecule has 3 heterocycles. The van der Waals surface area contributed by atoms with Gasteiger partial charge in [0.25, 0.3) is 0 Å². The summed E-state index contributed by atoms with van der Waals surface area (Å²) in [5.74, 6) is 0. The van der Waals surface area contributed by atoms with Gasteiger partial charge in [0.15, 0.2) is 0 Å². The fourth-order valence-corrected chi connectivity index (χ4v) is 3.60. The third kappa shape index (κ3) is 5.02. The van der Waals surface area contributed by atoms with Crippen molar-refractivity contribution in [3.05, 3.63) is 46.7 Å². The normalized spacial score (nSPS) is 18.7. The zero-order chi connectivity index (χ0) is 14.3. The fraction of sp³-hybridized carbons (Fsp3) is 0.500. The molecule has 3 rings (SSSR count). The molecule has 0 spiro atoms. The van der Waals surface area contributed by atoms with E-state index in [1.165, 1.54) is 30.4 Å². The van der Waals surface area contributed by atoms with Crippen LogP contribution >= 0.6 is 23.7 Å². The summed E-state index contributed by atoms with van der Waals surface area (Å²) in [7, 11) is 0. The van der Waals surface area contributed by atoms with Crippen molar-refractivity contribution < 1.29 is 0 Å². The largest absolute Gasteiger partial charge is 0.317 e. The summed E-state index contributed by atoms with van der Waals surface area (Å²) in [6.07, 6.45) is 9.21. The molecule has 120 valence electrons. The second kappa shape index (κ2) is 9.20. The molecule has 1 atom stereocenters. The number of aromatic nitrogens is 2. The molecule has 2 aromatic heterocycles. The quantitative estimate of drug-likeness (QED) is 0.909. The van der Waals surface area contributed by atoms with Crippen LogP contribution in [0.25, 0.3) is 0 Å². The number of nitrogens with one attached hydrogen (secondary N) is 1. The van der Waals surface area contributed by atoms with E-state index in [0.717, 1.165) is 26.2 Å². The van der Waals surface area contributed by atoms with Crippen LogP contribution < -0.4 is 5.32 Å². The summed E-state index contributed by atoms with van der Waals surface area (Å²) in [5.41, 5.74) is 2.61. The summed E-state index contributed by atoms with van der Waals surface area (Å²) in [6.45, 7) is 4.22. The molecule has 1 fully saturated rings. The molecule has 22 heavy (non-hydrogen) atoms. The maximum Gasteiger partial charge on any atom is 0.115 e. The second-order valence-corrected chi connectivity index (χ2v) is 6.40. The summed E-state index contributed by atoms with van der Waals surface area (Å²) >= 11 is 1.77. The molecule has 0 bridgehead atoms. The highest BCUT2D eigenvalue weighted by Crippen LogP contribution is 2.20. The maximum absolute atomic E-state index is 4.15. The zero-order valence-corrected chi connectivity index (χ0v) is 14.3. The molecule has 4 nitrogen and oxygen atoms in total. The van der Waals surface area contributed by atoms with Crippen LogP contribution in [0.1, 0.15) is 30.4 Å². The van der Waals surface area contributed by atoms with Crippen molar-refractivity contribution >= 4 is 23.7 Å². The molecule has 0 aliphatic carbocycles. The fourth-order valence-electron chi connectivity index (χ4n) is 2.94. The molecular formula is C16H23ClN4S. The zero-order valence-electron chi connectivity index (χ0n) is 12.6. The Labute approximate surface area is 142 Å².